The number of methoxy groups -OCH3 is 1. The Bertz CT molecular complexity index is 1040. The van der Waals surface area contributed by atoms with Gasteiger partial charge in [-0.1, -0.05) is 18.2 Å². The van der Waals surface area contributed by atoms with Gasteiger partial charge in [0.05, 0.1) is 32.5 Å². The van der Waals surface area contributed by atoms with Gasteiger partial charge < -0.3 is 19.3 Å². The lowest BCUT2D eigenvalue weighted by molar-refractivity contribution is -0.137. The molecule has 1 saturated heterocycles. The van der Waals surface area contributed by atoms with Crippen LogP contribution in [0.25, 0.3) is 6.08 Å². The van der Waals surface area contributed by atoms with Crippen LogP contribution in [0.4, 0.5) is 4.39 Å². The van der Waals surface area contributed by atoms with Gasteiger partial charge in [0.2, 0.25) is 0 Å². The van der Waals surface area contributed by atoms with Crippen LogP contribution >= 0.6 is 0 Å². The number of nitrogens with zero attached hydrogens (tertiary/aromatic N) is 1. The molecule has 196 valence electrons. The normalized spacial score (nSPS) is 17.9. The molecule has 7 heteroatoms. The maximum Gasteiger partial charge on any atom is 0.330 e. The largest absolute Gasteiger partial charge is 0.497 e. The standard InChI is InChI=1S/C29H38FNO5/c1-5-35-29(33)13-11-23-10-12-26(34-4)17-27(23)21(3)36-19-25(32)18-31-14-6-7-24(31)15-22-9-8-20(2)28(30)16-22/h8-13,16-17,21,24-25,32H,5-7,14-15,18-19H2,1-4H3/b13-11+/t21-,24+,25?/m1/s1. The first-order valence-electron chi connectivity index (χ1n) is 12.6. The summed E-state index contributed by atoms with van der Waals surface area (Å²) in [6.45, 7) is 7.33. The molecule has 1 aliphatic heterocycles. The molecule has 0 saturated carbocycles. The molecule has 0 amide bonds. The highest BCUT2D eigenvalue weighted by Gasteiger charge is 2.27. The second kappa shape index (κ2) is 13.5. The molecule has 0 aliphatic carbocycles. The third-order valence-corrected chi connectivity index (χ3v) is 6.61. The molecule has 0 aromatic heterocycles. The van der Waals surface area contributed by atoms with E-state index in [1.165, 1.54) is 6.08 Å². The monoisotopic (exact) mass is 499 g/mol. The number of hydrogen-bond donors (Lipinski definition) is 1. The van der Waals surface area contributed by atoms with Gasteiger partial charge in [0.25, 0.3) is 0 Å². The Balaban J connectivity index is 1.58. The van der Waals surface area contributed by atoms with Gasteiger partial charge in [-0.2, -0.15) is 0 Å². The number of rotatable bonds is 12. The number of esters is 1. The van der Waals surface area contributed by atoms with Crippen LogP contribution in [0.15, 0.2) is 42.5 Å². The summed E-state index contributed by atoms with van der Waals surface area (Å²) in [7, 11) is 1.60. The van der Waals surface area contributed by atoms with Crippen molar-refractivity contribution in [1.29, 1.82) is 0 Å². The summed E-state index contributed by atoms with van der Waals surface area (Å²) in [6, 6.07) is 11.3. The average Bonchev–Trinajstić information content (AvgIpc) is 3.29. The van der Waals surface area contributed by atoms with E-state index in [9.17, 15) is 14.3 Å². The fourth-order valence-corrected chi connectivity index (χ4v) is 4.60. The molecule has 0 radical (unpaired) electrons. The van der Waals surface area contributed by atoms with E-state index >= 15 is 0 Å². The van der Waals surface area contributed by atoms with Crippen LogP contribution in [0.1, 0.15) is 55.0 Å². The van der Waals surface area contributed by atoms with Gasteiger partial charge in [0, 0.05) is 18.7 Å². The highest BCUT2D eigenvalue weighted by Crippen LogP contribution is 2.28. The van der Waals surface area contributed by atoms with Gasteiger partial charge in [-0.25, -0.2) is 9.18 Å². The van der Waals surface area contributed by atoms with Crippen LogP contribution in [0.5, 0.6) is 5.75 Å². The van der Waals surface area contributed by atoms with Crippen LogP contribution < -0.4 is 4.74 Å². The minimum Gasteiger partial charge on any atom is -0.497 e. The molecule has 1 N–H and O–H groups in total. The minimum absolute atomic E-state index is 0.168. The molecule has 0 spiro atoms. The number of aliphatic hydroxyl groups is 1. The van der Waals surface area contributed by atoms with Crippen LogP contribution in [0, 0.1) is 12.7 Å². The van der Waals surface area contributed by atoms with Crippen molar-refractivity contribution < 1.29 is 28.5 Å². The predicted octanol–water partition coefficient (Wildman–Crippen LogP) is 4.86. The number of hydrogen-bond acceptors (Lipinski definition) is 6. The summed E-state index contributed by atoms with van der Waals surface area (Å²) < 4.78 is 30.3. The second-order valence-electron chi connectivity index (χ2n) is 9.29. The van der Waals surface area contributed by atoms with Gasteiger partial charge in [0.15, 0.2) is 0 Å². The Labute approximate surface area is 213 Å². The fourth-order valence-electron chi connectivity index (χ4n) is 4.60. The smallest absolute Gasteiger partial charge is 0.330 e. The van der Waals surface area contributed by atoms with Gasteiger partial charge >= 0.3 is 5.97 Å². The molecule has 2 aromatic rings. The topological polar surface area (TPSA) is 68.2 Å². The zero-order valence-corrected chi connectivity index (χ0v) is 21.7. The van der Waals surface area contributed by atoms with Crippen molar-refractivity contribution in [3.63, 3.8) is 0 Å². The Morgan fingerprint density at radius 3 is 2.81 bits per heavy atom. The van der Waals surface area contributed by atoms with Crippen molar-refractivity contribution in [2.24, 2.45) is 0 Å². The Hall–Kier alpha value is -2.74. The summed E-state index contributed by atoms with van der Waals surface area (Å²) in [6.07, 6.45) is 4.95. The number of carbonyl (C=O) groups excluding carboxylic acids is 1. The summed E-state index contributed by atoms with van der Waals surface area (Å²) in [5.74, 6) is 0.104. The second-order valence-corrected chi connectivity index (χ2v) is 9.29. The zero-order valence-electron chi connectivity index (χ0n) is 21.7. The van der Waals surface area contributed by atoms with Crippen molar-refractivity contribution in [3.8, 4) is 5.75 Å². The van der Waals surface area contributed by atoms with Crippen molar-refractivity contribution in [3.05, 3.63) is 70.5 Å². The molecule has 3 rings (SSSR count). The SMILES string of the molecule is CCOC(=O)/C=C/c1ccc(OC)cc1[C@@H](C)OCC(O)CN1CCC[C@H]1Cc1ccc(C)c(F)c1. The van der Waals surface area contributed by atoms with E-state index in [2.05, 4.69) is 4.90 Å². The number of β-amino-alcohol motifs (C(OH)–C–C–N with tert-alkyl or cyclic N) is 1. The highest BCUT2D eigenvalue weighted by atomic mass is 19.1. The number of halogens is 1. The lowest BCUT2D eigenvalue weighted by atomic mass is 10.0. The van der Waals surface area contributed by atoms with Crippen molar-refractivity contribution in [1.82, 2.24) is 4.90 Å². The minimum atomic E-state index is -0.660. The molecule has 1 fully saturated rings. The summed E-state index contributed by atoms with van der Waals surface area (Å²) in [4.78, 5) is 14.0. The molecule has 1 heterocycles. The maximum atomic E-state index is 14.0. The van der Waals surface area contributed by atoms with E-state index in [0.717, 1.165) is 42.5 Å². The van der Waals surface area contributed by atoms with Crippen LogP contribution in [0.2, 0.25) is 0 Å². The molecule has 1 aliphatic rings. The summed E-state index contributed by atoms with van der Waals surface area (Å²) >= 11 is 0. The zero-order chi connectivity index (χ0) is 26.1. The van der Waals surface area contributed by atoms with Crippen molar-refractivity contribution in [2.75, 3.05) is 33.4 Å². The maximum absolute atomic E-state index is 14.0. The third kappa shape index (κ3) is 7.88. The van der Waals surface area contributed by atoms with Crippen LogP contribution in [-0.2, 0) is 20.7 Å². The summed E-state index contributed by atoms with van der Waals surface area (Å²) in [5.41, 5.74) is 3.30. The van der Waals surface area contributed by atoms with Gasteiger partial charge in [-0.3, -0.25) is 4.90 Å². The molecular weight excluding hydrogens is 461 g/mol. The lowest BCUT2D eigenvalue weighted by Crippen LogP contribution is -2.39. The van der Waals surface area contributed by atoms with Crippen LogP contribution in [-0.4, -0.2) is 61.5 Å². The highest BCUT2D eigenvalue weighted by molar-refractivity contribution is 5.87. The van der Waals surface area contributed by atoms with Gasteiger partial charge in [-0.05, 0) is 93.1 Å². The van der Waals surface area contributed by atoms with E-state index in [4.69, 9.17) is 14.2 Å². The number of aryl methyl sites for hydroxylation is 1. The number of likely N-dealkylation sites (tertiary alicyclic amines) is 1. The average molecular weight is 500 g/mol. The molecule has 0 bridgehead atoms. The first-order chi connectivity index (χ1) is 17.3. The van der Waals surface area contributed by atoms with E-state index in [1.807, 2.05) is 37.3 Å². The van der Waals surface area contributed by atoms with E-state index < -0.39 is 12.1 Å². The first-order valence-corrected chi connectivity index (χ1v) is 12.6. The Kier molecular flexibility index (Phi) is 10.5. The van der Waals surface area contributed by atoms with Gasteiger partial charge in [-0.15, -0.1) is 0 Å². The molecule has 2 aromatic carbocycles. The Morgan fingerprint density at radius 2 is 2.08 bits per heavy atom. The quantitative estimate of drug-likeness (QED) is 0.332. The molecule has 36 heavy (non-hydrogen) atoms. The van der Waals surface area contributed by atoms with Gasteiger partial charge in [0.1, 0.15) is 11.6 Å². The van der Waals surface area contributed by atoms with E-state index in [1.54, 1.807) is 33.1 Å². The number of carbonyl (C=O) groups is 1. The Morgan fingerprint density at radius 1 is 1.28 bits per heavy atom. The lowest BCUT2D eigenvalue weighted by Gasteiger charge is -2.27. The van der Waals surface area contributed by atoms with E-state index in [0.29, 0.717) is 24.5 Å². The van der Waals surface area contributed by atoms with E-state index in [-0.39, 0.29) is 24.6 Å². The molecular formula is C29H38FNO5. The van der Waals surface area contributed by atoms with Crippen molar-refractivity contribution >= 4 is 12.0 Å². The molecule has 6 nitrogen and oxygen atoms in total. The van der Waals surface area contributed by atoms with Crippen LogP contribution in [0.3, 0.4) is 0 Å². The number of ether oxygens (including phenoxy) is 3. The summed E-state index contributed by atoms with van der Waals surface area (Å²) in [5, 5.41) is 10.7. The molecule has 3 atom stereocenters. The number of benzene rings is 2. The first kappa shape index (κ1) is 27.8. The predicted molar refractivity (Wildman–Crippen MR) is 138 cm³/mol. The molecule has 1 unspecified atom stereocenters. The number of aliphatic hydroxyl groups excluding tert-OH is 1. The third-order valence-electron chi connectivity index (χ3n) is 6.61. The fraction of sp³-hybridized carbons (Fsp3) is 0.483. The van der Waals surface area contributed by atoms with Crippen molar-refractivity contribution in [2.45, 2.75) is 58.3 Å².